The Morgan fingerprint density at radius 3 is 2.44 bits per heavy atom. The van der Waals surface area contributed by atoms with E-state index in [0.29, 0.717) is 10.9 Å². The first-order chi connectivity index (χ1) is 8.16. The molecule has 0 spiro atoms. The summed E-state index contributed by atoms with van der Waals surface area (Å²) in [5.41, 5.74) is 2.47. The summed E-state index contributed by atoms with van der Waals surface area (Å²) in [6, 6.07) is 11.5. The van der Waals surface area contributed by atoms with Crippen molar-refractivity contribution in [1.29, 1.82) is 0 Å². The van der Waals surface area contributed by atoms with Crippen molar-refractivity contribution in [2.24, 2.45) is 0 Å². The van der Waals surface area contributed by atoms with Crippen molar-refractivity contribution < 1.29 is 32.2 Å². The Hall–Kier alpha value is -1.81. The van der Waals surface area contributed by atoms with Gasteiger partial charge in [0.15, 0.2) is 11.5 Å². The minimum atomic E-state index is -0.0676. The molecule has 0 unspecified atom stereocenters. The fourth-order valence-electron chi connectivity index (χ4n) is 2.09. The molecule has 3 N–H and O–H groups in total. The van der Waals surface area contributed by atoms with Crippen molar-refractivity contribution in [3.05, 3.63) is 42.0 Å². The zero-order valence-corrected chi connectivity index (χ0v) is 11.3. The fraction of sp³-hybridized carbons (Fsp3) is 0.0714. The number of benzene rings is 2. The SMILES string of the molecule is Cc1cc2[nH+]c3ccccc3cc2c(O)c1O.[Br-]. The van der Waals surface area contributed by atoms with E-state index in [1.54, 1.807) is 6.92 Å². The van der Waals surface area contributed by atoms with Gasteiger partial charge < -0.3 is 27.2 Å². The molecule has 0 aliphatic rings. The van der Waals surface area contributed by atoms with E-state index in [1.165, 1.54) is 0 Å². The number of aryl methyl sites for hydroxylation is 1. The van der Waals surface area contributed by atoms with Crippen LogP contribution in [0.2, 0.25) is 0 Å². The van der Waals surface area contributed by atoms with E-state index in [-0.39, 0.29) is 28.5 Å². The predicted octanol–water partition coefficient (Wildman–Crippen LogP) is -0.469. The highest BCUT2D eigenvalue weighted by molar-refractivity contribution is 5.93. The van der Waals surface area contributed by atoms with Crippen molar-refractivity contribution in [1.82, 2.24) is 0 Å². The average Bonchev–Trinajstić information content (AvgIpc) is 2.34. The summed E-state index contributed by atoms with van der Waals surface area (Å²) in [5.74, 6) is -0.122. The van der Waals surface area contributed by atoms with Crippen LogP contribution in [0.4, 0.5) is 0 Å². The molecule has 0 atom stereocenters. The van der Waals surface area contributed by atoms with Crippen LogP contribution in [0.25, 0.3) is 21.8 Å². The van der Waals surface area contributed by atoms with Gasteiger partial charge in [0.1, 0.15) is 0 Å². The van der Waals surface area contributed by atoms with Crippen LogP contribution in [0.1, 0.15) is 5.56 Å². The number of aromatic hydroxyl groups is 2. The number of aromatic amines is 1. The Bertz CT molecular complexity index is 741. The molecule has 18 heavy (non-hydrogen) atoms. The number of pyridine rings is 1. The molecule has 1 heterocycles. The van der Waals surface area contributed by atoms with Gasteiger partial charge in [-0.05, 0) is 19.1 Å². The van der Waals surface area contributed by atoms with Crippen molar-refractivity contribution >= 4 is 21.8 Å². The molecule has 0 aliphatic heterocycles. The number of rotatable bonds is 0. The normalized spacial score (nSPS) is 10.5. The van der Waals surface area contributed by atoms with Crippen molar-refractivity contribution in [2.45, 2.75) is 6.92 Å². The molecule has 0 amide bonds. The van der Waals surface area contributed by atoms with Gasteiger partial charge in [0.25, 0.3) is 0 Å². The molecular formula is C14H12BrNO2. The van der Waals surface area contributed by atoms with Crippen LogP contribution in [0, 0.1) is 6.92 Å². The second kappa shape index (κ2) is 4.46. The van der Waals surface area contributed by atoms with E-state index in [2.05, 4.69) is 4.98 Å². The van der Waals surface area contributed by atoms with Crippen molar-refractivity contribution in [3.63, 3.8) is 0 Å². The van der Waals surface area contributed by atoms with Crippen LogP contribution in [0.5, 0.6) is 11.5 Å². The molecule has 4 heteroatoms. The zero-order chi connectivity index (χ0) is 12.0. The number of fused-ring (bicyclic) bond motifs is 2. The minimum Gasteiger partial charge on any atom is -1.00 e. The monoisotopic (exact) mass is 305 g/mol. The van der Waals surface area contributed by atoms with Gasteiger partial charge in [-0.15, -0.1) is 0 Å². The lowest BCUT2D eigenvalue weighted by molar-refractivity contribution is -0.310. The Morgan fingerprint density at radius 1 is 0.944 bits per heavy atom. The Kier molecular flexibility index (Phi) is 3.13. The summed E-state index contributed by atoms with van der Waals surface area (Å²) in [5, 5.41) is 21.3. The van der Waals surface area contributed by atoms with E-state index in [0.717, 1.165) is 16.4 Å². The molecule has 92 valence electrons. The lowest BCUT2D eigenvalue weighted by Gasteiger charge is -2.04. The second-order valence-electron chi connectivity index (χ2n) is 4.21. The van der Waals surface area contributed by atoms with Gasteiger partial charge in [-0.1, -0.05) is 12.1 Å². The van der Waals surface area contributed by atoms with Crippen LogP contribution >= 0.6 is 0 Å². The third-order valence-corrected chi connectivity index (χ3v) is 3.03. The number of H-pyrrole nitrogens is 1. The maximum absolute atomic E-state index is 9.93. The topological polar surface area (TPSA) is 54.6 Å². The highest BCUT2D eigenvalue weighted by atomic mass is 79.9. The van der Waals surface area contributed by atoms with Crippen LogP contribution in [0.15, 0.2) is 36.4 Å². The standard InChI is InChI=1S/C14H11NO2.BrH/c1-8-6-12-10(14(17)13(8)16)7-9-4-2-3-5-11(9)15-12;/h2-7,16-17H,1H3;1H. The summed E-state index contributed by atoms with van der Waals surface area (Å²) in [4.78, 5) is 3.25. The maximum atomic E-state index is 9.93. The van der Waals surface area contributed by atoms with Gasteiger partial charge >= 0.3 is 0 Å². The first kappa shape index (κ1) is 12.6. The lowest BCUT2D eigenvalue weighted by atomic mass is 10.1. The Balaban J connectivity index is 0.00000120. The number of nitrogens with one attached hydrogen (secondary N) is 1. The molecule has 2 aromatic carbocycles. The van der Waals surface area contributed by atoms with Crippen LogP contribution in [-0.2, 0) is 0 Å². The molecule has 3 nitrogen and oxygen atoms in total. The summed E-state index contributed by atoms with van der Waals surface area (Å²) in [7, 11) is 0. The summed E-state index contributed by atoms with van der Waals surface area (Å²) in [6.45, 7) is 1.76. The second-order valence-corrected chi connectivity index (χ2v) is 4.21. The molecule has 0 bridgehead atoms. The summed E-state index contributed by atoms with van der Waals surface area (Å²) in [6.07, 6.45) is 0. The number of aromatic nitrogens is 1. The molecule has 1 aromatic heterocycles. The largest absolute Gasteiger partial charge is 1.00 e. The van der Waals surface area contributed by atoms with Crippen LogP contribution in [-0.4, -0.2) is 10.2 Å². The third-order valence-electron chi connectivity index (χ3n) is 3.03. The quantitative estimate of drug-likeness (QED) is 0.436. The Morgan fingerprint density at radius 2 is 1.67 bits per heavy atom. The number of hydrogen-bond acceptors (Lipinski definition) is 2. The Labute approximate surface area is 114 Å². The zero-order valence-electron chi connectivity index (χ0n) is 9.74. The lowest BCUT2D eigenvalue weighted by Crippen LogP contribution is -3.00. The van der Waals surface area contributed by atoms with Gasteiger partial charge in [-0.3, -0.25) is 0 Å². The van der Waals surface area contributed by atoms with Gasteiger partial charge in [-0.2, -0.15) is 0 Å². The smallest absolute Gasteiger partial charge is 0.215 e. The molecule has 0 radical (unpaired) electrons. The van der Waals surface area contributed by atoms with Crippen LogP contribution in [0.3, 0.4) is 0 Å². The number of halogens is 1. The first-order valence-electron chi connectivity index (χ1n) is 5.43. The summed E-state index contributed by atoms with van der Waals surface area (Å²) >= 11 is 0. The van der Waals surface area contributed by atoms with Gasteiger partial charge in [0, 0.05) is 23.1 Å². The molecular weight excluding hydrogens is 294 g/mol. The fourth-order valence-corrected chi connectivity index (χ4v) is 2.09. The number of para-hydroxylation sites is 1. The molecule has 0 fully saturated rings. The highest BCUT2D eigenvalue weighted by Gasteiger charge is 2.14. The van der Waals surface area contributed by atoms with E-state index in [1.807, 2.05) is 36.4 Å². The predicted molar refractivity (Wildman–Crippen MR) is 66.1 cm³/mol. The van der Waals surface area contributed by atoms with E-state index in [4.69, 9.17) is 0 Å². The van der Waals surface area contributed by atoms with Gasteiger partial charge in [-0.25, -0.2) is 4.98 Å². The van der Waals surface area contributed by atoms with E-state index in [9.17, 15) is 10.2 Å². The maximum Gasteiger partial charge on any atom is 0.215 e. The van der Waals surface area contributed by atoms with Crippen molar-refractivity contribution in [2.75, 3.05) is 0 Å². The molecule has 0 saturated heterocycles. The van der Waals surface area contributed by atoms with Crippen molar-refractivity contribution in [3.8, 4) is 11.5 Å². The summed E-state index contributed by atoms with van der Waals surface area (Å²) < 4.78 is 0. The molecule has 3 aromatic rings. The number of hydrogen-bond donors (Lipinski definition) is 2. The minimum absolute atomic E-state index is 0. The molecule has 0 saturated carbocycles. The molecule has 0 aliphatic carbocycles. The number of phenols is 2. The highest BCUT2D eigenvalue weighted by Crippen LogP contribution is 2.35. The molecule has 3 rings (SSSR count). The van der Waals surface area contributed by atoms with Gasteiger partial charge in [0.2, 0.25) is 11.0 Å². The third kappa shape index (κ3) is 1.78. The number of phenolic OH excluding ortho intramolecular Hbond substituents is 2. The van der Waals surface area contributed by atoms with Crippen LogP contribution < -0.4 is 22.0 Å². The van der Waals surface area contributed by atoms with E-state index >= 15 is 0 Å². The van der Waals surface area contributed by atoms with Gasteiger partial charge in [0.05, 0.1) is 5.39 Å². The average molecular weight is 306 g/mol. The first-order valence-corrected chi connectivity index (χ1v) is 5.43. The van der Waals surface area contributed by atoms with E-state index < -0.39 is 0 Å².